The topological polar surface area (TPSA) is 156 Å². The van der Waals surface area contributed by atoms with Gasteiger partial charge < -0.3 is 29.9 Å². The standard InChI is InChI=1S/C14H23BNO3P.C13H16N3OP.C5H5BrN2/c1-13(2)14(3,4)19-15(18-13)10-7-8-11(16)12(9-10)20(5,6)17;1-9-4-7-12(16-15-9)10-5-6-11(14)13(8-10)18(2,3)17;1-4-2-3-5(6)8-7-4/h7-9H,16H2,1-6H3;4-8H,14H2,1-3H3;2-3H,1H3. The minimum absolute atomic E-state index is 0.388. The van der Waals surface area contributed by atoms with Gasteiger partial charge in [0.1, 0.15) is 18.9 Å². The van der Waals surface area contributed by atoms with E-state index in [4.69, 9.17) is 20.8 Å². The Bertz CT molecular complexity index is 1720. The number of aromatic nitrogens is 4. The number of nitrogen functional groups attached to an aromatic ring is 2. The molecule has 1 saturated heterocycles. The van der Waals surface area contributed by atoms with Crippen molar-refractivity contribution in [1.29, 1.82) is 0 Å². The van der Waals surface area contributed by atoms with Crippen LogP contribution in [0, 0.1) is 13.8 Å². The van der Waals surface area contributed by atoms with Crippen molar-refractivity contribution in [3.8, 4) is 11.3 Å². The molecule has 0 atom stereocenters. The van der Waals surface area contributed by atoms with E-state index < -0.39 is 21.4 Å². The van der Waals surface area contributed by atoms with Crippen LogP contribution in [-0.2, 0) is 18.4 Å². The first-order valence-electron chi connectivity index (χ1n) is 14.6. The molecule has 46 heavy (non-hydrogen) atoms. The molecule has 0 unspecified atom stereocenters. The van der Waals surface area contributed by atoms with Crippen molar-refractivity contribution < 1.29 is 18.4 Å². The molecule has 14 heteroatoms. The molecule has 2 aromatic heterocycles. The Morgan fingerprint density at radius 2 is 1.15 bits per heavy atom. The molecule has 4 N–H and O–H groups in total. The zero-order chi connectivity index (χ0) is 34.7. The fourth-order valence-corrected chi connectivity index (χ4v) is 6.77. The highest BCUT2D eigenvalue weighted by Crippen LogP contribution is 2.39. The summed E-state index contributed by atoms with van der Waals surface area (Å²) >= 11 is 3.17. The number of nitrogens with two attached hydrogens (primary N) is 2. The lowest BCUT2D eigenvalue weighted by molar-refractivity contribution is 0.00578. The second kappa shape index (κ2) is 14.5. The summed E-state index contributed by atoms with van der Waals surface area (Å²) in [6.45, 7) is 18.7. The van der Waals surface area contributed by atoms with Crippen LogP contribution in [0.4, 0.5) is 11.4 Å². The Labute approximate surface area is 281 Å². The Balaban J connectivity index is 0.000000204. The van der Waals surface area contributed by atoms with Crippen LogP contribution in [-0.4, -0.2) is 65.4 Å². The molecular weight excluding hydrogens is 685 g/mol. The van der Waals surface area contributed by atoms with E-state index in [1.807, 2.05) is 90.1 Å². The molecule has 0 spiro atoms. The van der Waals surface area contributed by atoms with Crippen LogP contribution >= 0.6 is 30.2 Å². The molecule has 0 amide bonds. The minimum atomic E-state index is -2.42. The van der Waals surface area contributed by atoms with Crippen molar-refractivity contribution in [3.63, 3.8) is 0 Å². The number of aryl methyl sites for hydroxylation is 2. The molecule has 1 fully saturated rings. The zero-order valence-electron chi connectivity index (χ0n) is 28.2. The number of hydrogen-bond donors (Lipinski definition) is 2. The number of hydrogen-bond acceptors (Lipinski definition) is 10. The normalized spacial score (nSPS) is 15.3. The van der Waals surface area contributed by atoms with Gasteiger partial charge in [-0.15, -0.1) is 5.10 Å². The van der Waals surface area contributed by atoms with Crippen molar-refractivity contribution in [3.05, 3.63) is 76.7 Å². The van der Waals surface area contributed by atoms with Gasteiger partial charge in [-0.2, -0.15) is 15.3 Å². The Morgan fingerprint density at radius 1 is 0.674 bits per heavy atom. The number of benzene rings is 2. The van der Waals surface area contributed by atoms with E-state index in [1.165, 1.54) is 0 Å². The quantitative estimate of drug-likeness (QED) is 0.153. The second-order valence-electron chi connectivity index (χ2n) is 12.9. The first-order valence-corrected chi connectivity index (χ1v) is 20.6. The maximum Gasteiger partial charge on any atom is 0.494 e. The van der Waals surface area contributed by atoms with Gasteiger partial charge in [0.25, 0.3) is 0 Å². The van der Waals surface area contributed by atoms with Gasteiger partial charge in [-0.05, 0) is 138 Å². The van der Waals surface area contributed by atoms with E-state index in [0.29, 0.717) is 22.0 Å². The van der Waals surface area contributed by atoms with Crippen LogP contribution in [0.3, 0.4) is 0 Å². The molecular formula is C32H44BBrN6O4P2. The lowest BCUT2D eigenvalue weighted by Gasteiger charge is -2.32. The van der Waals surface area contributed by atoms with Crippen molar-refractivity contribution in [1.82, 2.24) is 20.4 Å². The average Bonchev–Trinajstić information content (AvgIpc) is 3.17. The van der Waals surface area contributed by atoms with E-state index >= 15 is 0 Å². The largest absolute Gasteiger partial charge is 0.494 e. The summed E-state index contributed by atoms with van der Waals surface area (Å²) in [4.78, 5) is 0. The van der Waals surface area contributed by atoms with Crippen molar-refractivity contribution in [2.75, 3.05) is 38.1 Å². The van der Waals surface area contributed by atoms with Gasteiger partial charge >= 0.3 is 7.12 Å². The first kappa shape index (κ1) is 37.6. The van der Waals surface area contributed by atoms with Crippen LogP contribution in [0.2, 0.25) is 0 Å². The smallest absolute Gasteiger partial charge is 0.399 e. The zero-order valence-corrected chi connectivity index (χ0v) is 31.6. The fourth-order valence-electron chi connectivity index (χ4n) is 4.26. The van der Waals surface area contributed by atoms with E-state index in [-0.39, 0.29) is 11.2 Å². The summed E-state index contributed by atoms with van der Waals surface area (Å²) in [5, 5.41) is 17.0. The van der Waals surface area contributed by atoms with Gasteiger partial charge in [0.15, 0.2) is 0 Å². The Hall–Kier alpha value is -2.88. The first-order chi connectivity index (χ1) is 21.1. The molecule has 3 heterocycles. The predicted molar refractivity (Wildman–Crippen MR) is 196 cm³/mol. The molecule has 4 aromatic rings. The van der Waals surface area contributed by atoms with E-state index in [9.17, 15) is 9.13 Å². The van der Waals surface area contributed by atoms with E-state index in [1.54, 1.807) is 38.8 Å². The summed E-state index contributed by atoms with van der Waals surface area (Å²) in [6.07, 6.45) is 0. The lowest BCUT2D eigenvalue weighted by atomic mass is 9.79. The van der Waals surface area contributed by atoms with Gasteiger partial charge in [-0.1, -0.05) is 12.1 Å². The maximum atomic E-state index is 12.3. The lowest BCUT2D eigenvalue weighted by Crippen LogP contribution is -2.41. The summed E-state index contributed by atoms with van der Waals surface area (Å²) in [7, 11) is -5.26. The molecule has 10 nitrogen and oxygen atoms in total. The minimum Gasteiger partial charge on any atom is -0.399 e. The molecule has 0 radical (unpaired) electrons. The number of nitrogens with zero attached hydrogens (tertiary/aromatic N) is 4. The van der Waals surface area contributed by atoms with Crippen LogP contribution in [0.1, 0.15) is 39.1 Å². The Morgan fingerprint density at radius 3 is 1.59 bits per heavy atom. The third kappa shape index (κ3) is 9.82. The fraction of sp³-hybridized carbons (Fsp3) is 0.375. The predicted octanol–water partition coefficient (Wildman–Crippen LogP) is 5.65. The summed E-state index contributed by atoms with van der Waals surface area (Å²) in [6, 6.07) is 18.5. The third-order valence-electron chi connectivity index (χ3n) is 7.63. The molecule has 1 aliphatic rings. The van der Waals surface area contributed by atoms with Gasteiger partial charge in [0.2, 0.25) is 0 Å². The van der Waals surface area contributed by atoms with Crippen LogP contribution in [0.25, 0.3) is 11.3 Å². The molecule has 2 aromatic carbocycles. The van der Waals surface area contributed by atoms with Crippen molar-refractivity contribution in [2.24, 2.45) is 0 Å². The molecule has 0 bridgehead atoms. The monoisotopic (exact) mass is 728 g/mol. The van der Waals surface area contributed by atoms with Crippen molar-refractivity contribution in [2.45, 2.75) is 52.7 Å². The average molecular weight is 729 g/mol. The molecule has 0 saturated carbocycles. The number of rotatable bonds is 4. The van der Waals surface area contributed by atoms with Crippen LogP contribution in [0.15, 0.2) is 65.3 Å². The molecule has 1 aliphatic heterocycles. The van der Waals surface area contributed by atoms with Crippen LogP contribution < -0.4 is 27.5 Å². The summed E-state index contributed by atoms with van der Waals surface area (Å²) in [5.41, 5.74) is 16.4. The highest BCUT2D eigenvalue weighted by atomic mass is 79.9. The van der Waals surface area contributed by atoms with Gasteiger partial charge in [0.05, 0.1) is 28.3 Å². The van der Waals surface area contributed by atoms with Gasteiger partial charge in [-0.3, -0.25) is 0 Å². The van der Waals surface area contributed by atoms with Crippen LogP contribution in [0.5, 0.6) is 0 Å². The molecule has 0 aliphatic carbocycles. The number of halogens is 1. The van der Waals surface area contributed by atoms with Gasteiger partial charge in [-0.25, -0.2) is 0 Å². The third-order valence-corrected chi connectivity index (χ3v) is 11.1. The van der Waals surface area contributed by atoms with E-state index in [0.717, 1.165) is 32.7 Å². The highest BCUT2D eigenvalue weighted by Gasteiger charge is 2.51. The Kier molecular flexibility index (Phi) is 11.8. The van der Waals surface area contributed by atoms with Crippen molar-refractivity contribution >= 4 is 64.8 Å². The SMILES string of the molecule is CC1(C)OB(c2ccc(N)c(P(C)(C)=O)c2)OC1(C)C.Cc1ccc(-c2ccc(N)c(P(C)(C)=O)c2)nn1.Cc1ccc(Br)nn1. The highest BCUT2D eigenvalue weighted by molar-refractivity contribution is 9.10. The maximum absolute atomic E-state index is 12.3. The van der Waals surface area contributed by atoms with Gasteiger partial charge in [0, 0.05) is 27.5 Å². The van der Waals surface area contributed by atoms with E-state index in [2.05, 4.69) is 36.3 Å². The molecule has 246 valence electrons. The number of anilines is 2. The summed E-state index contributed by atoms with van der Waals surface area (Å²) in [5.74, 6) is 0. The molecule has 5 rings (SSSR count). The second-order valence-corrected chi connectivity index (χ2v) is 20.1. The summed E-state index contributed by atoms with van der Waals surface area (Å²) < 4.78 is 37.2.